The number of hydrogen-bond acceptors (Lipinski definition) is 6. The fourth-order valence-corrected chi connectivity index (χ4v) is 2.70. The van der Waals surface area contributed by atoms with Crippen molar-refractivity contribution in [1.29, 1.82) is 0 Å². The molecule has 4 atom stereocenters. The predicted molar refractivity (Wildman–Crippen MR) is 77.9 cm³/mol. The Morgan fingerprint density at radius 1 is 1.28 bits per heavy atom. The number of nitrogens with two attached hydrogens (primary N) is 1. The van der Waals surface area contributed by atoms with E-state index in [1.165, 1.54) is 0 Å². The smallest absolute Gasteiger partial charge is 0.358 e. The SMILES string of the molecule is CC1OC(N)CC2OC(C)(C)OC12.FOc1cccc(C(F)(F)F)n1. The van der Waals surface area contributed by atoms with Gasteiger partial charge in [-0.3, -0.25) is 4.94 Å². The van der Waals surface area contributed by atoms with Crippen LogP contribution in [0.3, 0.4) is 0 Å². The maximum Gasteiger partial charge on any atom is 0.433 e. The first-order valence-corrected chi connectivity index (χ1v) is 7.61. The number of aromatic nitrogens is 1. The van der Waals surface area contributed by atoms with E-state index < -0.39 is 23.5 Å². The number of ether oxygens (including phenoxy) is 3. The first-order chi connectivity index (χ1) is 11.5. The van der Waals surface area contributed by atoms with Crippen molar-refractivity contribution >= 4 is 0 Å². The van der Waals surface area contributed by atoms with E-state index in [9.17, 15) is 17.7 Å². The average Bonchev–Trinajstić information content (AvgIpc) is 2.82. The zero-order chi connectivity index (χ0) is 18.8. The lowest BCUT2D eigenvalue weighted by atomic mass is 10.0. The van der Waals surface area contributed by atoms with Crippen molar-refractivity contribution < 1.29 is 36.8 Å². The second-order valence-electron chi connectivity index (χ2n) is 6.19. The van der Waals surface area contributed by atoms with Gasteiger partial charge in [-0.05, 0) is 26.8 Å². The van der Waals surface area contributed by atoms with Gasteiger partial charge in [-0.15, -0.1) is 0 Å². The first-order valence-electron chi connectivity index (χ1n) is 7.61. The van der Waals surface area contributed by atoms with Crippen LogP contribution >= 0.6 is 0 Å². The van der Waals surface area contributed by atoms with Gasteiger partial charge < -0.3 is 19.9 Å². The molecule has 10 heteroatoms. The summed E-state index contributed by atoms with van der Waals surface area (Å²) in [5.74, 6) is -1.19. The molecule has 0 radical (unpaired) electrons. The number of rotatable bonds is 1. The van der Waals surface area contributed by atoms with E-state index in [1.54, 1.807) is 0 Å². The lowest BCUT2D eigenvalue weighted by Crippen LogP contribution is -2.48. The van der Waals surface area contributed by atoms with Gasteiger partial charge in [-0.1, -0.05) is 6.07 Å². The number of hydrogen-bond donors (Lipinski definition) is 1. The second-order valence-corrected chi connectivity index (χ2v) is 6.19. The van der Waals surface area contributed by atoms with E-state index in [1.807, 2.05) is 20.8 Å². The molecule has 6 nitrogen and oxygen atoms in total. The number of pyridine rings is 1. The van der Waals surface area contributed by atoms with Gasteiger partial charge in [0.25, 0.3) is 5.88 Å². The molecule has 0 amide bonds. The van der Waals surface area contributed by atoms with Gasteiger partial charge in [-0.25, -0.2) is 4.98 Å². The third-order valence-electron chi connectivity index (χ3n) is 3.63. The Labute approximate surface area is 142 Å². The van der Waals surface area contributed by atoms with Gasteiger partial charge in [0.05, 0.1) is 12.2 Å². The minimum Gasteiger partial charge on any atom is -0.358 e. The summed E-state index contributed by atoms with van der Waals surface area (Å²) in [6, 6.07) is 2.71. The minimum atomic E-state index is -4.57. The number of nitrogens with zero attached hydrogens (tertiary/aromatic N) is 1. The van der Waals surface area contributed by atoms with Crippen LogP contribution in [0.1, 0.15) is 32.9 Å². The van der Waals surface area contributed by atoms with Crippen LogP contribution in [0.2, 0.25) is 0 Å². The van der Waals surface area contributed by atoms with Crippen LogP contribution in [0.5, 0.6) is 5.88 Å². The highest BCUT2D eigenvalue weighted by Gasteiger charge is 2.47. The quantitative estimate of drug-likeness (QED) is 0.768. The number of alkyl halides is 3. The van der Waals surface area contributed by atoms with Crippen molar-refractivity contribution in [3.8, 4) is 5.88 Å². The molecule has 4 unspecified atom stereocenters. The van der Waals surface area contributed by atoms with E-state index in [0.29, 0.717) is 0 Å². The van der Waals surface area contributed by atoms with E-state index in [-0.39, 0.29) is 24.5 Å². The zero-order valence-electron chi connectivity index (χ0n) is 13.9. The molecule has 3 rings (SSSR count). The molecule has 0 bridgehead atoms. The Hall–Kier alpha value is -1.49. The van der Waals surface area contributed by atoms with Crippen molar-refractivity contribution in [2.45, 2.75) is 63.7 Å². The molecule has 0 saturated carbocycles. The lowest BCUT2D eigenvalue weighted by molar-refractivity contribution is -0.155. The normalized spacial score (nSPS) is 30.9. The van der Waals surface area contributed by atoms with E-state index in [4.69, 9.17) is 19.9 Å². The van der Waals surface area contributed by atoms with Gasteiger partial charge >= 0.3 is 6.18 Å². The molecular formula is C15H20F4N2O4. The van der Waals surface area contributed by atoms with E-state index >= 15 is 0 Å². The predicted octanol–water partition coefficient (Wildman–Crippen LogP) is 2.96. The average molecular weight is 368 g/mol. The molecule has 1 aromatic heterocycles. The van der Waals surface area contributed by atoms with Crippen molar-refractivity contribution in [1.82, 2.24) is 4.98 Å². The summed E-state index contributed by atoms with van der Waals surface area (Å²) < 4.78 is 63.8. The highest BCUT2D eigenvalue weighted by atomic mass is 19.4. The molecule has 3 heterocycles. The molecule has 142 valence electrons. The summed E-state index contributed by atoms with van der Waals surface area (Å²) in [6.07, 6.45) is -3.92. The monoisotopic (exact) mass is 368 g/mol. The van der Waals surface area contributed by atoms with Crippen LogP contribution in [0, 0.1) is 0 Å². The molecule has 0 aromatic carbocycles. The van der Waals surface area contributed by atoms with Crippen molar-refractivity contribution in [2.75, 3.05) is 0 Å². The van der Waals surface area contributed by atoms with E-state index in [2.05, 4.69) is 9.93 Å². The van der Waals surface area contributed by atoms with Gasteiger partial charge in [0.15, 0.2) is 5.79 Å². The van der Waals surface area contributed by atoms with Crippen molar-refractivity contribution in [3.05, 3.63) is 23.9 Å². The lowest BCUT2D eigenvalue weighted by Gasteiger charge is -2.32. The third-order valence-corrected chi connectivity index (χ3v) is 3.63. The van der Waals surface area contributed by atoms with Crippen LogP contribution in [-0.2, 0) is 20.4 Å². The molecular weight excluding hydrogens is 348 g/mol. The summed E-state index contributed by atoms with van der Waals surface area (Å²) in [5.41, 5.74) is 4.53. The summed E-state index contributed by atoms with van der Waals surface area (Å²) >= 11 is 0. The Balaban J connectivity index is 0.000000181. The fourth-order valence-electron chi connectivity index (χ4n) is 2.70. The van der Waals surface area contributed by atoms with E-state index in [0.717, 1.165) is 24.6 Å². The van der Waals surface area contributed by atoms with Crippen LogP contribution < -0.4 is 10.7 Å². The summed E-state index contributed by atoms with van der Waals surface area (Å²) in [5, 5.41) is 0. The van der Waals surface area contributed by atoms with Gasteiger partial charge in [0, 0.05) is 17.0 Å². The summed E-state index contributed by atoms with van der Waals surface area (Å²) in [7, 11) is 0. The molecule has 25 heavy (non-hydrogen) atoms. The Morgan fingerprint density at radius 3 is 2.56 bits per heavy atom. The molecule has 0 aliphatic carbocycles. The highest BCUT2D eigenvalue weighted by Crippen LogP contribution is 2.36. The Morgan fingerprint density at radius 2 is 1.96 bits per heavy atom. The maximum absolute atomic E-state index is 11.9. The van der Waals surface area contributed by atoms with Crippen molar-refractivity contribution in [3.63, 3.8) is 0 Å². The Kier molecular flexibility index (Phi) is 5.87. The maximum atomic E-state index is 11.9. The second kappa shape index (κ2) is 7.40. The van der Waals surface area contributed by atoms with Crippen LogP contribution in [0.15, 0.2) is 18.2 Å². The van der Waals surface area contributed by atoms with Gasteiger partial charge in [-0.2, -0.15) is 13.2 Å². The van der Waals surface area contributed by atoms with Crippen LogP contribution in [-0.4, -0.2) is 35.3 Å². The molecule has 2 aliphatic rings. The third kappa shape index (κ3) is 5.24. The highest BCUT2D eigenvalue weighted by molar-refractivity contribution is 5.17. The minimum absolute atomic E-state index is 0.0236. The standard InChI is InChI=1S/C9H17NO3.C6H3F4NO/c1-5-8-6(4-7(10)11-5)12-9(2,3)13-8;7-6(8,9)4-2-1-3-5(11-4)12-10/h5-8H,4,10H2,1-3H3;1-3H. The van der Waals surface area contributed by atoms with Crippen molar-refractivity contribution in [2.24, 2.45) is 5.73 Å². The molecule has 0 spiro atoms. The fraction of sp³-hybridized carbons (Fsp3) is 0.667. The molecule has 2 aliphatic heterocycles. The molecule has 2 saturated heterocycles. The molecule has 2 fully saturated rings. The molecule has 2 N–H and O–H groups in total. The van der Waals surface area contributed by atoms with Gasteiger partial charge in [0.1, 0.15) is 18.0 Å². The summed E-state index contributed by atoms with van der Waals surface area (Å²) in [6.45, 7) is 5.81. The zero-order valence-corrected chi connectivity index (χ0v) is 13.9. The number of fused-ring (bicyclic) bond motifs is 1. The topological polar surface area (TPSA) is 75.8 Å². The first kappa shape index (κ1) is 19.8. The van der Waals surface area contributed by atoms with Gasteiger partial charge in [0.2, 0.25) is 0 Å². The number of halogens is 4. The van der Waals surface area contributed by atoms with Crippen LogP contribution in [0.4, 0.5) is 17.7 Å². The molecule has 1 aromatic rings. The Bertz CT molecular complexity index is 585. The summed E-state index contributed by atoms with van der Waals surface area (Å²) in [4.78, 5) is 5.88. The van der Waals surface area contributed by atoms with Crippen LogP contribution in [0.25, 0.3) is 0 Å². The largest absolute Gasteiger partial charge is 0.433 e.